The quantitative estimate of drug-likeness (QED) is 0.563. The van der Waals surface area contributed by atoms with Gasteiger partial charge in [-0.05, 0) is 36.2 Å². The summed E-state index contributed by atoms with van der Waals surface area (Å²) in [5.41, 5.74) is 3.46. The molecule has 0 amide bonds. The summed E-state index contributed by atoms with van der Waals surface area (Å²) in [5.74, 6) is 0.819. The molecule has 2 aliphatic rings. The predicted molar refractivity (Wildman–Crippen MR) is 109 cm³/mol. The maximum atomic E-state index is 6.02. The third-order valence-corrected chi connectivity index (χ3v) is 6.68. The molecule has 0 saturated carbocycles. The topological polar surface area (TPSA) is 53.2 Å². The summed E-state index contributed by atoms with van der Waals surface area (Å²) in [4.78, 5) is 10.6. The number of thiazole rings is 1. The number of fused-ring (bicyclic) bond motifs is 4. The Morgan fingerprint density at radius 2 is 2.19 bits per heavy atom. The van der Waals surface area contributed by atoms with Crippen molar-refractivity contribution in [1.29, 1.82) is 0 Å². The number of hydrogen-bond donors (Lipinski definition) is 2. The van der Waals surface area contributed by atoms with Gasteiger partial charge in [-0.25, -0.2) is 4.98 Å². The molecule has 2 aromatic carbocycles. The van der Waals surface area contributed by atoms with Crippen LogP contribution in [0.15, 0.2) is 48.7 Å². The summed E-state index contributed by atoms with van der Waals surface area (Å²) in [6.07, 6.45) is 3.44. The summed E-state index contributed by atoms with van der Waals surface area (Å²) in [6.45, 7) is 3.31. The van der Waals surface area contributed by atoms with E-state index in [-0.39, 0.29) is 0 Å². The van der Waals surface area contributed by atoms with Gasteiger partial charge in [-0.2, -0.15) is 0 Å². The van der Waals surface area contributed by atoms with Crippen molar-refractivity contribution < 1.29 is 4.74 Å². The van der Waals surface area contributed by atoms with Crippen LogP contribution in [0.1, 0.15) is 12.0 Å². The van der Waals surface area contributed by atoms with E-state index in [9.17, 15) is 0 Å². The fraction of sp³-hybridized carbons (Fsp3) is 0.286. The summed E-state index contributed by atoms with van der Waals surface area (Å²) in [7, 11) is 0. The first-order valence-corrected chi connectivity index (χ1v) is 10.2. The lowest BCUT2D eigenvalue weighted by Crippen LogP contribution is -2.42. The van der Waals surface area contributed by atoms with Gasteiger partial charge in [0.05, 0.1) is 10.2 Å². The minimum Gasteiger partial charge on any atom is -0.431 e. The second-order valence-corrected chi connectivity index (χ2v) is 8.49. The van der Waals surface area contributed by atoms with Crippen molar-refractivity contribution in [2.75, 3.05) is 13.1 Å². The first-order valence-electron chi connectivity index (χ1n) is 9.43. The van der Waals surface area contributed by atoms with Crippen LogP contribution in [0.25, 0.3) is 21.1 Å². The van der Waals surface area contributed by atoms with Crippen molar-refractivity contribution in [3.05, 3.63) is 54.2 Å². The Bertz CT molecular complexity index is 1100. The highest BCUT2D eigenvalue weighted by Gasteiger charge is 2.37. The lowest BCUT2D eigenvalue weighted by Gasteiger charge is -2.26. The highest BCUT2D eigenvalue weighted by molar-refractivity contribution is 7.20. The van der Waals surface area contributed by atoms with E-state index in [0.29, 0.717) is 17.3 Å². The standard InChI is InChI=1S/C21H20N4OS/c1-2-4-20-18(3-1)24-21(27-20)26-16-5-6-17-13(9-23-19(17)8-16)11-25-12-14-7-15(25)10-22-14/h1-6,8-9,14-15,22-23H,7,10-12H2/t14?,15-/m0/s1. The van der Waals surface area contributed by atoms with Gasteiger partial charge in [-0.1, -0.05) is 23.5 Å². The number of likely N-dealkylation sites (tertiary alicyclic amines) is 1. The van der Waals surface area contributed by atoms with Crippen LogP contribution < -0.4 is 10.1 Å². The normalized spacial score (nSPS) is 22.2. The SMILES string of the molecule is c1ccc2sc(Oc3ccc4c(CN5CC6C[C@H]5CN6)c[nH]c4c3)nc2c1. The maximum absolute atomic E-state index is 6.02. The van der Waals surface area contributed by atoms with E-state index in [0.717, 1.165) is 41.1 Å². The molecule has 6 rings (SSSR count). The third-order valence-electron chi connectivity index (χ3n) is 5.76. The molecule has 2 saturated heterocycles. The van der Waals surface area contributed by atoms with Crippen molar-refractivity contribution in [3.63, 3.8) is 0 Å². The van der Waals surface area contributed by atoms with E-state index < -0.39 is 0 Å². The average Bonchev–Trinajstić information content (AvgIpc) is 3.45. The lowest BCUT2D eigenvalue weighted by atomic mass is 10.1. The van der Waals surface area contributed by atoms with Crippen LogP contribution in [0, 0.1) is 0 Å². The fourth-order valence-corrected chi connectivity index (χ4v) is 5.25. The molecular formula is C21H20N4OS. The molecule has 2 fully saturated rings. The Morgan fingerprint density at radius 1 is 1.22 bits per heavy atom. The van der Waals surface area contributed by atoms with E-state index in [1.54, 1.807) is 11.3 Å². The number of nitrogens with zero attached hydrogens (tertiary/aromatic N) is 2. The van der Waals surface area contributed by atoms with Gasteiger partial charge in [0, 0.05) is 54.9 Å². The van der Waals surface area contributed by atoms with Gasteiger partial charge in [0.15, 0.2) is 0 Å². The molecular weight excluding hydrogens is 356 g/mol. The lowest BCUT2D eigenvalue weighted by molar-refractivity contribution is 0.218. The molecule has 2 bridgehead atoms. The van der Waals surface area contributed by atoms with Crippen LogP contribution in [0.4, 0.5) is 0 Å². The van der Waals surface area contributed by atoms with E-state index in [1.165, 1.54) is 17.4 Å². The molecule has 2 aliphatic heterocycles. The fourth-order valence-electron chi connectivity index (χ4n) is 4.41. The summed E-state index contributed by atoms with van der Waals surface area (Å²) < 4.78 is 7.17. The molecule has 2 atom stereocenters. The highest BCUT2D eigenvalue weighted by atomic mass is 32.1. The van der Waals surface area contributed by atoms with Gasteiger partial charge >= 0.3 is 0 Å². The first kappa shape index (κ1) is 15.6. The zero-order valence-electron chi connectivity index (χ0n) is 14.8. The monoisotopic (exact) mass is 376 g/mol. The number of nitrogens with one attached hydrogen (secondary N) is 2. The second-order valence-electron chi connectivity index (χ2n) is 7.50. The molecule has 6 heteroatoms. The van der Waals surface area contributed by atoms with Crippen LogP contribution in [0.2, 0.25) is 0 Å². The smallest absolute Gasteiger partial charge is 0.279 e. The number of para-hydroxylation sites is 1. The molecule has 27 heavy (non-hydrogen) atoms. The Balaban J connectivity index is 1.25. The molecule has 0 aliphatic carbocycles. The Labute approximate surface area is 161 Å². The van der Waals surface area contributed by atoms with Crippen LogP contribution in [0.5, 0.6) is 10.9 Å². The van der Waals surface area contributed by atoms with E-state index in [4.69, 9.17) is 4.74 Å². The zero-order chi connectivity index (χ0) is 17.8. The number of hydrogen-bond acceptors (Lipinski definition) is 5. The van der Waals surface area contributed by atoms with Crippen molar-refractivity contribution in [2.24, 2.45) is 0 Å². The molecule has 5 nitrogen and oxygen atoms in total. The summed E-state index contributed by atoms with van der Waals surface area (Å²) >= 11 is 1.57. The van der Waals surface area contributed by atoms with Gasteiger partial charge in [0.1, 0.15) is 5.75 Å². The minimum atomic E-state index is 0.683. The summed E-state index contributed by atoms with van der Waals surface area (Å²) in [6, 6.07) is 15.8. The second kappa shape index (κ2) is 6.05. The number of piperazine rings is 1. The van der Waals surface area contributed by atoms with Crippen molar-refractivity contribution >= 4 is 32.5 Å². The van der Waals surface area contributed by atoms with Crippen molar-refractivity contribution in [2.45, 2.75) is 25.0 Å². The number of rotatable bonds is 4. The molecule has 1 unspecified atom stereocenters. The zero-order valence-corrected chi connectivity index (χ0v) is 15.6. The number of H-pyrrole nitrogens is 1. The van der Waals surface area contributed by atoms with E-state index in [1.807, 2.05) is 24.3 Å². The summed E-state index contributed by atoms with van der Waals surface area (Å²) in [5, 5.41) is 5.54. The Kier molecular flexibility index (Phi) is 3.50. The minimum absolute atomic E-state index is 0.683. The van der Waals surface area contributed by atoms with E-state index in [2.05, 4.69) is 44.6 Å². The number of aromatic amines is 1. The molecule has 2 N–H and O–H groups in total. The molecule has 136 valence electrons. The molecule has 0 radical (unpaired) electrons. The van der Waals surface area contributed by atoms with Gasteiger partial charge in [0.25, 0.3) is 5.19 Å². The predicted octanol–water partition coefficient (Wildman–Crippen LogP) is 4.12. The molecule has 4 heterocycles. The number of ether oxygens (including phenoxy) is 1. The van der Waals surface area contributed by atoms with Crippen LogP contribution in [-0.4, -0.2) is 40.0 Å². The van der Waals surface area contributed by atoms with E-state index >= 15 is 0 Å². The Hall–Kier alpha value is -2.41. The van der Waals surface area contributed by atoms with Gasteiger partial charge in [0.2, 0.25) is 0 Å². The molecule has 2 aromatic heterocycles. The molecule has 4 aromatic rings. The highest BCUT2D eigenvalue weighted by Crippen LogP contribution is 2.33. The Morgan fingerprint density at radius 3 is 3.04 bits per heavy atom. The van der Waals surface area contributed by atoms with Crippen LogP contribution in [0.3, 0.4) is 0 Å². The van der Waals surface area contributed by atoms with Crippen molar-refractivity contribution in [3.8, 4) is 10.9 Å². The largest absolute Gasteiger partial charge is 0.431 e. The van der Waals surface area contributed by atoms with Crippen molar-refractivity contribution in [1.82, 2.24) is 20.2 Å². The number of benzene rings is 2. The third kappa shape index (κ3) is 2.72. The van der Waals surface area contributed by atoms with Crippen LogP contribution >= 0.6 is 11.3 Å². The molecule has 0 spiro atoms. The average molecular weight is 376 g/mol. The maximum Gasteiger partial charge on any atom is 0.279 e. The number of aromatic nitrogens is 2. The van der Waals surface area contributed by atoms with Crippen LogP contribution in [-0.2, 0) is 6.54 Å². The van der Waals surface area contributed by atoms with Gasteiger partial charge in [-0.15, -0.1) is 0 Å². The van der Waals surface area contributed by atoms with Gasteiger partial charge in [-0.3, -0.25) is 4.90 Å². The van der Waals surface area contributed by atoms with Gasteiger partial charge < -0.3 is 15.0 Å². The first-order chi connectivity index (χ1) is 13.3.